The molecule has 0 aromatic heterocycles. The van der Waals surface area contributed by atoms with Crippen molar-refractivity contribution >= 4 is 11.8 Å². The van der Waals surface area contributed by atoms with Gasteiger partial charge < -0.3 is 14.8 Å². The van der Waals surface area contributed by atoms with Crippen LogP contribution in [0.2, 0.25) is 0 Å². The average molecular weight is 338 g/mol. The first kappa shape index (κ1) is 20.1. The van der Waals surface area contributed by atoms with E-state index in [2.05, 4.69) is 5.32 Å². The van der Waals surface area contributed by atoms with Crippen LogP contribution in [0.1, 0.15) is 36.2 Å². The number of hydrogen-bond acceptors (Lipinski definition) is 5. The van der Waals surface area contributed by atoms with Crippen LogP contribution in [0.3, 0.4) is 0 Å². The number of carbonyl (C=O) groups excluding carboxylic acids is 2. The Morgan fingerprint density at radius 3 is 2.46 bits per heavy atom. The molecule has 0 saturated heterocycles. The molecule has 0 fully saturated rings. The lowest BCUT2D eigenvalue weighted by molar-refractivity contribution is -0.133. The molecule has 0 aliphatic rings. The van der Waals surface area contributed by atoms with E-state index in [1.807, 2.05) is 26.0 Å². The fourth-order valence-corrected chi connectivity index (χ4v) is 2.12. The zero-order valence-corrected chi connectivity index (χ0v) is 14.4. The van der Waals surface area contributed by atoms with E-state index >= 15 is 0 Å². The number of hydrogen-bond donors (Lipinski definition) is 3. The standard InChI is InChI=1S/C17H26N2O5/c1-4-23-11-24-10-15(9-13(3)16(20)19-22)18-17(21)14-7-5-12(2)6-8-14/h5-8,13,15,22H,4,9-11H2,1-3H3,(H,18,21)(H,19,20)/t13-,15-/m0/s1. The zero-order chi connectivity index (χ0) is 17.9. The van der Waals surface area contributed by atoms with Crippen molar-refractivity contribution in [1.29, 1.82) is 0 Å². The number of carbonyl (C=O) groups is 2. The number of nitrogens with one attached hydrogen (secondary N) is 2. The van der Waals surface area contributed by atoms with Crippen LogP contribution < -0.4 is 10.8 Å². The van der Waals surface area contributed by atoms with Crippen molar-refractivity contribution in [1.82, 2.24) is 10.8 Å². The maximum absolute atomic E-state index is 12.3. The molecule has 2 amide bonds. The van der Waals surface area contributed by atoms with Crippen molar-refractivity contribution in [2.75, 3.05) is 20.0 Å². The summed E-state index contributed by atoms with van der Waals surface area (Å²) in [5.74, 6) is -1.22. The van der Waals surface area contributed by atoms with Gasteiger partial charge in [-0.15, -0.1) is 0 Å². The van der Waals surface area contributed by atoms with Gasteiger partial charge >= 0.3 is 0 Å². The number of aryl methyl sites for hydroxylation is 1. The van der Waals surface area contributed by atoms with E-state index in [1.165, 1.54) is 0 Å². The number of ether oxygens (including phenoxy) is 2. The van der Waals surface area contributed by atoms with Gasteiger partial charge in [-0.25, -0.2) is 5.48 Å². The lowest BCUT2D eigenvalue weighted by atomic mass is 10.0. The molecule has 134 valence electrons. The molecule has 1 aromatic carbocycles. The van der Waals surface area contributed by atoms with E-state index < -0.39 is 11.8 Å². The maximum Gasteiger partial charge on any atom is 0.251 e. The van der Waals surface area contributed by atoms with Crippen LogP contribution in [0, 0.1) is 12.8 Å². The highest BCUT2D eigenvalue weighted by atomic mass is 16.7. The lowest BCUT2D eigenvalue weighted by Gasteiger charge is -2.21. The first-order valence-electron chi connectivity index (χ1n) is 7.94. The highest BCUT2D eigenvalue weighted by Crippen LogP contribution is 2.09. The largest absolute Gasteiger partial charge is 0.356 e. The van der Waals surface area contributed by atoms with Gasteiger partial charge in [-0.3, -0.25) is 14.8 Å². The molecule has 24 heavy (non-hydrogen) atoms. The SMILES string of the molecule is CCOCOC[C@H](C[C@H](C)C(=O)NO)NC(=O)c1ccc(C)cc1. The van der Waals surface area contributed by atoms with Crippen LogP contribution in [0.25, 0.3) is 0 Å². The van der Waals surface area contributed by atoms with Crippen molar-refractivity contribution in [3.63, 3.8) is 0 Å². The van der Waals surface area contributed by atoms with Crippen LogP contribution in [-0.2, 0) is 14.3 Å². The Kier molecular flexibility index (Phi) is 8.99. The molecule has 0 aliphatic heterocycles. The van der Waals surface area contributed by atoms with E-state index in [1.54, 1.807) is 24.5 Å². The van der Waals surface area contributed by atoms with Crippen LogP contribution in [-0.4, -0.2) is 43.1 Å². The second-order valence-corrected chi connectivity index (χ2v) is 5.63. The molecule has 0 spiro atoms. The van der Waals surface area contributed by atoms with Crippen molar-refractivity contribution in [2.45, 2.75) is 33.2 Å². The van der Waals surface area contributed by atoms with E-state index in [0.717, 1.165) is 5.56 Å². The fourth-order valence-electron chi connectivity index (χ4n) is 2.12. The molecule has 1 rings (SSSR count). The molecule has 3 N–H and O–H groups in total. The Bertz CT molecular complexity index is 518. The quantitative estimate of drug-likeness (QED) is 0.261. The Morgan fingerprint density at radius 1 is 1.21 bits per heavy atom. The van der Waals surface area contributed by atoms with E-state index in [9.17, 15) is 9.59 Å². The van der Waals surface area contributed by atoms with Gasteiger partial charge in [0.05, 0.1) is 12.6 Å². The topological polar surface area (TPSA) is 96.9 Å². The summed E-state index contributed by atoms with van der Waals surface area (Å²) in [7, 11) is 0. The number of benzene rings is 1. The molecule has 1 aromatic rings. The summed E-state index contributed by atoms with van der Waals surface area (Å²) in [6.45, 7) is 6.33. The summed E-state index contributed by atoms with van der Waals surface area (Å²) in [4.78, 5) is 23.8. The summed E-state index contributed by atoms with van der Waals surface area (Å²) >= 11 is 0. The Morgan fingerprint density at radius 2 is 1.88 bits per heavy atom. The highest BCUT2D eigenvalue weighted by Gasteiger charge is 2.21. The van der Waals surface area contributed by atoms with E-state index in [4.69, 9.17) is 14.7 Å². The Hall–Kier alpha value is -1.96. The predicted octanol–water partition coefficient (Wildman–Crippen LogP) is 1.64. The smallest absolute Gasteiger partial charge is 0.251 e. The van der Waals surface area contributed by atoms with E-state index in [0.29, 0.717) is 18.6 Å². The van der Waals surface area contributed by atoms with Crippen molar-refractivity contribution in [2.24, 2.45) is 5.92 Å². The molecular weight excluding hydrogens is 312 g/mol. The first-order valence-corrected chi connectivity index (χ1v) is 7.94. The summed E-state index contributed by atoms with van der Waals surface area (Å²) in [5.41, 5.74) is 3.22. The molecule has 0 heterocycles. The van der Waals surface area contributed by atoms with Crippen molar-refractivity contribution in [3.8, 4) is 0 Å². The van der Waals surface area contributed by atoms with Crippen molar-refractivity contribution in [3.05, 3.63) is 35.4 Å². The molecule has 0 aliphatic carbocycles. The zero-order valence-electron chi connectivity index (χ0n) is 14.4. The Balaban J connectivity index is 2.66. The number of hydroxylamine groups is 1. The minimum Gasteiger partial charge on any atom is -0.356 e. The summed E-state index contributed by atoms with van der Waals surface area (Å²) < 4.78 is 10.5. The third-order valence-electron chi connectivity index (χ3n) is 3.53. The molecule has 0 unspecified atom stereocenters. The van der Waals surface area contributed by atoms with Gasteiger partial charge in [-0.1, -0.05) is 24.6 Å². The molecular formula is C17H26N2O5. The first-order chi connectivity index (χ1) is 11.5. The summed E-state index contributed by atoms with van der Waals surface area (Å²) in [6.07, 6.45) is 0.329. The normalized spacial score (nSPS) is 13.2. The molecule has 0 radical (unpaired) electrons. The van der Waals surface area contributed by atoms with E-state index in [-0.39, 0.29) is 25.3 Å². The van der Waals surface area contributed by atoms with Crippen molar-refractivity contribution < 1.29 is 24.3 Å². The molecule has 7 nitrogen and oxygen atoms in total. The van der Waals surface area contributed by atoms with Crippen LogP contribution in [0.15, 0.2) is 24.3 Å². The van der Waals surface area contributed by atoms with Crippen LogP contribution in [0.4, 0.5) is 0 Å². The van der Waals surface area contributed by atoms with Gasteiger partial charge in [-0.2, -0.15) is 0 Å². The molecule has 7 heteroatoms. The number of amides is 2. The highest BCUT2D eigenvalue weighted by molar-refractivity contribution is 5.94. The Labute approximate surface area is 142 Å². The van der Waals surface area contributed by atoms with Gasteiger partial charge in [0.15, 0.2) is 0 Å². The second kappa shape index (κ2) is 10.7. The summed E-state index contributed by atoms with van der Waals surface area (Å²) in [6, 6.07) is 6.82. The maximum atomic E-state index is 12.3. The monoisotopic (exact) mass is 338 g/mol. The van der Waals surface area contributed by atoms with Crippen LogP contribution >= 0.6 is 0 Å². The third kappa shape index (κ3) is 7.08. The van der Waals surface area contributed by atoms with Gasteiger partial charge in [0.25, 0.3) is 5.91 Å². The summed E-state index contributed by atoms with van der Waals surface area (Å²) in [5, 5.41) is 11.6. The third-order valence-corrected chi connectivity index (χ3v) is 3.53. The number of rotatable bonds is 10. The van der Waals surface area contributed by atoms with Gasteiger partial charge in [0.1, 0.15) is 6.79 Å². The minimum atomic E-state index is -0.505. The van der Waals surface area contributed by atoms with Gasteiger partial charge in [-0.05, 0) is 32.4 Å². The van der Waals surface area contributed by atoms with Gasteiger partial charge in [0.2, 0.25) is 5.91 Å². The molecule has 2 atom stereocenters. The predicted molar refractivity (Wildman–Crippen MR) is 88.6 cm³/mol. The molecule has 0 saturated carbocycles. The average Bonchev–Trinajstić information content (AvgIpc) is 2.58. The minimum absolute atomic E-state index is 0.119. The van der Waals surface area contributed by atoms with Gasteiger partial charge in [0, 0.05) is 18.1 Å². The lowest BCUT2D eigenvalue weighted by Crippen LogP contribution is -2.41. The fraction of sp³-hybridized carbons (Fsp3) is 0.529. The second-order valence-electron chi connectivity index (χ2n) is 5.63. The van der Waals surface area contributed by atoms with Crippen LogP contribution in [0.5, 0.6) is 0 Å². The molecule has 0 bridgehead atoms.